The number of hydrogen-bond donors (Lipinski definition) is 1. The number of sulfonamides is 1. The normalized spacial score (nSPS) is 22.8. The van der Waals surface area contributed by atoms with E-state index in [2.05, 4.69) is 36.8 Å². The number of nitrogens with zero attached hydrogens (tertiary/aromatic N) is 2. The van der Waals surface area contributed by atoms with E-state index in [1.54, 1.807) is 6.07 Å². The zero-order chi connectivity index (χ0) is 18.2. The number of rotatable bonds is 4. The molecule has 0 bridgehead atoms. The molecule has 1 aromatic rings. The van der Waals surface area contributed by atoms with E-state index in [1.165, 1.54) is 22.1 Å². The fourth-order valence-corrected chi connectivity index (χ4v) is 8.13. The fraction of sp³-hybridized carbons (Fsp3) is 0.667. The number of carbonyl (C=O) groups excluding carboxylic acids is 1. The number of carbonyl (C=O) groups is 1. The van der Waals surface area contributed by atoms with Crippen molar-refractivity contribution in [2.75, 3.05) is 26.2 Å². The van der Waals surface area contributed by atoms with Crippen molar-refractivity contribution in [3.8, 4) is 0 Å². The van der Waals surface area contributed by atoms with Gasteiger partial charge in [-0.15, -0.1) is 11.3 Å². The molecule has 1 amide bonds. The molecule has 2 saturated heterocycles. The van der Waals surface area contributed by atoms with Gasteiger partial charge in [-0.1, -0.05) is 6.42 Å². The molecule has 2 aliphatic heterocycles. The molecule has 3 rings (SSSR count). The number of likely N-dealkylation sites (tertiary alicyclic amines) is 1. The number of thiophene rings is 1. The molecule has 0 spiro atoms. The maximum Gasteiger partial charge on any atom is 0.252 e. The summed E-state index contributed by atoms with van der Waals surface area (Å²) in [6.07, 6.45) is 4.21. The Morgan fingerprint density at radius 2 is 1.72 bits per heavy atom. The Labute approximate surface area is 169 Å². The highest BCUT2D eigenvalue weighted by atomic mass is 79.9. The lowest BCUT2D eigenvalue weighted by atomic mass is 9.84. The first kappa shape index (κ1) is 19.8. The molecule has 3 heterocycles. The SMILES string of the molecule is NC(=O)C1(N2CCCCC2)CCN(S(=O)(=O)c2cc(Br)c(Br)s2)CC1. The van der Waals surface area contributed by atoms with Crippen molar-refractivity contribution in [1.29, 1.82) is 0 Å². The highest BCUT2D eigenvalue weighted by molar-refractivity contribution is 9.13. The van der Waals surface area contributed by atoms with Gasteiger partial charge in [0.2, 0.25) is 5.91 Å². The van der Waals surface area contributed by atoms with Crippen LogP contribution in [0.2, 0.25) is 0 Å². The molecule has 2 aliphatic rings. The van der Waals surface area contributed by atoms with Crippen LogP contribution in [0.15, 0.2) is 18.5 Å². The van der Waals surface area contributed by atoms with E-state index in [0.29, 0.717) is 30.1 Å². The van der Waals surface area contributed by atoms with Crippen molar-refractivity contribution in [3.63, 3.8) is 0 Å². The van der Waals surface area contributed by atoms with Gasteiger partial charge < -0.3 is 5.73 Å². The molecule has 140 valence electrons. The van der Waals surface area contributed by atoms with E-state index >= 15 is 0 Å². The molecular weight excluding hydrogens is 494 g/mol. The summed E-state index contributed by atoms with van der Waals surface area (Å²) in [6.45, 7) is 2.35. The van der Waals surface area contributed by atoms with Crippen molar-refractivity contribution in [3.05, 3.63) is 14.3 Å². The van der Waals surface area contributed by atoms with Crippen LogP contribution in [-0.2, 0) is 14.8 Å². The van der Waals surface area contributed by atoms with E-state index in [-0.39, 0.29) is 5.91 Å². The first-order valence-electron chi connectivity index (χ1n) is 8.27. The first-order chi connectivity index (χ1) is 11.8. The van der Waals surface area contributed by atoms with E-state index < -0.39 is 15.6 Å². The smallest absolute Gasteiger partial charge is 0.252 e. The van der Waals surface area contributed by atoms with Gasteiger partial charge in [0.1, 0.15) is 9.75 Å². The summed E-state index contributed by atoms with van der Waals surface area (Å²) < 4.78 is 29.0. The largest absolute Gasteiger partial charge is 0.368 e. The molecule has 1 aromatic heterocycles. The second-order valence-electron chi connectivity index (χ2n) is 6.53. The summed E-state index contributed by atoms with van der Waals surface area (Å²) >= 11 is 7.86. The van der Waals surface area contributed by atoms with Gasteiger partial charge in [0.15, 0.2) is 0 Å². The van der Waals surface area contributed by atoms with E-state index in [0.717, 1.165) is 34.2 Å². The van der Waals surface area contributed by atoms with Crippen LogP contribution < -0.4 is 5.73 Å². The van der Waals surface area contributed by atoms with Gasteiger partial charge in [-0.05, 0) is 76.7 Å². The number of piperidine rings is 2. The van der Waals surface area contributed by atoms with Gasteiger partial charge in [0.25, 0.3) is 10.0 Å². The van der Waals surface area contributed by atoms with Gasteiger partial charge in [0.05, 0.1) is 3.79 Å². The molecule has 25 heavy (non-hydrogen) atoms. The fourth-order valence-electron chi connectivity index (χ4n) is 3.72. The summed E-state index contributed by atoms with van der Waals surface area (Å²) in [5.74, 6) is -0.326. The lowest BCUT2D eigenvalue weighted by Gasteiger charge is -2.47. The Hall–Kier alpha value is -0.000000000000000305. The molecule has 2 N–H and O–H groups in total. The number of primary amides is 1. The topological polar surface area (TPSA) is 83.7 Å². The maximum atomic E-state index is 12.9. The van der Waals surface area contributed by atoms with Gasteiger partial charge in [0, 0.05) is 17.6 Å². The van der Waals surface area contributed by atoms with Gasteiger partial charge in [-0.2, -0.15) is 4.31 Å². The highest BCUT2D eigenvalue weighted by Crippen LogP contribution is 2.38. The minimum atomic E-state index is -3.55. The van der Waals surface area contributed by atoms with Gasteiger partial charge >= 0.3 is 0 Å². The van der Waals surface area contributed by atoms with Crippen LogP contribution in [0.4, 0.5) is 0 Å². The summed E-state index contributed by atoms with van der Waals surface area (Å²) in [7, 11) is -3.55. The summed E-state index contributed by atoms with van der Waals surface area (Å²) in [5.41, 5.74) is 5.06. The number of halogens is 2. The van der Waals surface area contributed by atoms with Gasteiger partial charge in [-0.25, -0.2) is 8.42 Å². The van der Waals surface area contributed by atoms with Crippen LogP contribution in [0.25, 0.3) is 0 Å². The summed E-state index contributed by atoms with van der Waals surface area (Å²) in [5, 5.41) is 0. The average Bonchev–Trinajstić information content (AvgIpc) is 2.95. The Balaban J connectivity index is 1.78. The molecule has 0 aromatic carbocycles. The van der Waals surface area contributed by atoms with Crippen LogP contribution in [0.1, 0.15) is 32.1 Å². The van der Waals surface area contributed by atoms with Crippen molar-refractivity contribution >= 4 is 59.1 Å². The monoisotopic (exact) mass is 513 g/mol. The predicted octanol–water partition coefficient (Wildman–Crippen LogP) is 2.77. The standard InChI is InChI=1S/C15H21Br2N3O3S2/c16-11-10-12(24-13(11)17)25(22,23)20-8-4-15(5-9-20,14(18)21)19-6-2-1-3-7-19/h10H,1-9H2,(H2,18,21). The molecule has 0 unspecified atom stereocenters. The zero-order valence-corrected chi connectivity index (χ0v) is 18.5. The molecule has 6 nitrogen and oxygen atoms in total. The van der Waals surface area contributed by atoms with Crippen molar-refractivity contribution in [2.24, 2.45) is 5.73 Å². The molecule has 2 fully saturated rings. The lowest BCUT2D eigenvalue weighted by molar-refractivity contribution is -0.134. The molecular formula is C15H21Br2N3O3S2. The van der Waals surface area contributed by atoms with Crippen LogP contribution in [-0.4, -0.2) is 55.2 Å². The second-order valence-corrected chi connectivity index (χ2v) is 11.9. The van der Waals surface area contributed by atoms with Crippen LogP contribution in [0.3, 0.4) is 0 Å². The van der Waals surface area contributed by atoms with Crippen molar-refractivity contribution in [2.45, 2.75) is 41.9 Å². The Bertz CT molecular complexity index is 733. The van der Waals surface area contributed by atoms with E-state index in [4.69, 9.17) is 5.73 Å². The Morgan fingerprint density at radius 3 is 2.20 bits per heavy atom. The number of nitrogens with two attached hydrogens (primary N) is 1. The highest BCUT2D eigenvalue weighted by Gasteiger charge is 2.47. The molecule has 0 radical (unpaired) electrons. The third-order valence-electron chi connectivity index (χ3n) is 5.19. The van der Waals surface area contributed by atoms with Crippen molar-refractivity contribution in [1.82, 2.24) is 9.21 Å². The van der Waals surface area contributed by atoms with E-state index in [1.807, 2.05) is 0 Å². The second kappa shape index (κ2) is 7.55. The van der Waals surface area contributed by atoms with Gasteiger partial charge in [-0.3, -0.25) is 9.69 Å². The van der Waals surface area contributed by atoms with Crippen LogP contribution >= 0.6 is 43.2 Å². The Kier molecular flexibility index (Phi) is 5.97. The predicted molar refractivity (Wildman–Crippen MR) is 105 cm³/mol. The Morgan fingerprint density at radius 1 is 1.12 bits per heavy atom. The van der Waals surface area contributed by atoms with Crippen molar-refractivity contribution < 1.29 is 13.2 Å². The minimum Gasteiger partial charge on any atom is -0.368 e. The van der Waals surface area contributed by atoms with Crippen LogP contribution in [0, 0.1) is 0 Å². The minimum absolute atomic E-state index is 0.302. The third-order valence-corrected chi connectivity index (χ3v) is 10.8. The quantitative estimate of drug-likeness (QED) is 0.669. The molecule has 0 aliphatic carbocycles. The molecule has 10 heteroatoms. The van der Waals surface area contributed by atoms with Crippen LogP contribution in [0.5, 0.6) is 0 Å². The zero-order valence-electron chi connectivity index (χ0n) is 13.7. The third kappa shape index (κ3) is 3.70. The molecule has 0 atom stereocenters. The average molecular weight is 515 g/mol. The summed E-state index contributed by atoms with van der Waals surface area (Å²) in [6, 6.07) is 1.62. The lowest BCUT2D eigenvalue weighted by Crippen LogP contribution is -2.63. The molecule has 0 saturated carbocycles. The summed E-state index contributed by atoms with van der Waals surface area (Å²) in [4.78, 5) is 14.4. The number of hydrogen-bond acceptors (Lipinski definition) is 5. The van der Waals surface area contributed by atoms with E-state index in [9.17, 15) is 13.2 Å². The maximum absolute atomic E-state index is 12.9. The first-order valence-corrected chi connectivity index (χ1v) is 12.1. The number of amides is 1.